The number of carbonyl (C=O) groups excluding carboxylic acids is 1. The summed E-state index contributed by atoms with van der Waals surface area (Å²) in [5, 5.41) is 0. The van der Waals surface area contributed by atoms with Gasteiger partial charge in [0, 0.05) is 11.0 Å². The van der Waals surface area contributed by atoms with Gasteiger partial charge in [-0.2, -0.15) is 0 Å². The molecular weight excluding hydrogens is 352 g/mol. The topological polar surface area (TPSA) is 42.0 Å². The van der Waals surface area contributed by atoms with Crippen LogP contribution in [0.5, 0.6) is 0 Å². The summed E-state index contributed by atoms with van der Waals surface area (Å²) in [6.07, 6.45) is 2.38. The first kappa shape index (κ1) is 17.9. The van der Waals surface area contributed by atoms with Crippen LogP contribution in [0, 0.1) is 0 Å². The van der Waals surface area contributed by atoms with E-state index in [1.54, 1.807) is 0 Å². The number of ether oxygens (including phenoxy) is 2. The Labute approximate surface area is 165 Å². The van der Waals surface area contributed by atoms with Crippen molar-refractivity contribution >= 4 is 11.6 Å². The van der Waals surface area contributed by atoms with Crippen molar-refractivity contribution in [1.82, 2.24) is 4.90 Å². The molecule has 2 aromatic rings. The molecule has 2 fully saturated rings. The SMILES string of the molecule is CC1(c2ccccc2)COC2(OC1)C(=O)N(CN1CCCC1)c1ccccc12. The number of fused-ring (bicyclic) bond motifs is 2. The molecule has 0 unspecified atom stereocenters. The van der Waals surface area contributed by atoms with Gasteiger partial charge in [0.15, 0.2) is 0 Å². The van der Waals surface area contributed by atoms with Crippen LogP contribution in [0.3, 0.4) is 0 Å². The van der Waals surface area contributed by atoms with Crippen molar-refractivity contribution in [1.29, 1.82) is 0 Å². The minimum absolute atomic E-state index is 0.101. The molecule has 2 saturated heterocycles. The van der Waals surface area contributed by atoms with Gasteiger partial charge in [-0.05, 0) is 37.6 Å². The number of benzene rings is 2. The number of amides is 1. The summed E-state index contributed by atoms with van der Waals surface area (Å²) in [5.41, 5.74) is 2.62. The van der Waals surface area contributed by atoms with E-state index < -0.39 is 5.79 Å². The molecule has 0 aliphatic carbocycles. The smallest absolute Gasteiger partial charge is 0.293 e. The fraction of sp³-hybridized carbons (Fsp3) is 0.435. The Morgan fingerprint density at radius 3 is 2.29 bits per heavy atom. The Balaban J connectivity index is 1.44. The maximum absolute atomic E-state index is 13.5. The summed E-state index contributed by atoms with van der Waals surface area (Å²) in [7, 11) is 0. The number of hydrogen-bond acceptors (Lipinski definition) is 4. The highest BCUT2D eigenvalue weighted by Gasteiger charge is 2.57. The molecule has 5 nitrogen and oxygen atoms in total. The van der Waals surface area contributed by atoms with Crippen molar-refractivity contribution in [3.8, 4) is 0 Å². The van der Waals surface area contributed by atoms with Crippen molar-refractivity contribution in [3.05, 3.63) is 65.7 Å². The van der Waals surface area contributed by atoms with E-state index in [-0.39, 0.29) is 11.3 Å². The minimum atomic E-state index is -1.31. The third-order valence-corrected chi connectivity index (χ3v) is 6.27. The van der Waals surface area contributed by atoms with Gasteiger partial charge in [-0.3, -0.25) is 14.6 Å². The van der Waals surface area contributed by atoms with Crippen LogP contribution < -0.4 is 4.90 Å². The molecule has 0 N–H and O–H groups in total. The Morgan fingerprint density at radius 2 is 1.57 bits per heavy atom. The molecule has 3 aliphatic rings. The van der Waals surface area contributed by atoms with Gasteiger partial charge in [0.25, 0.3) is 11.7 Å². The molecule has 1 amide bonds. The maximum Gasteiger partial charge on any atom is 0.293 e. The number of likely N-dealkylation sites (tertiary alicyclic amines) is 1. The van der Waals surface area contributed by atoms with E-state index >= 15 is 0 Å². The summed E-state index contributed by atoms with van der Waals surface area (Å²) < 4.78 is 12.6. The molecule has 3 heterocycles. The molecular formula is C23H26N2O3. The minimum Gasteiger partial charge on any atom is -0.337 e. The second-order valence-corrected chi connectivity index (χ2v) is 8.34. The van der Waals surface area contributed by atoms with Crippen LogP contribution in [0.2, 0.25) is 0 Å². The lowest BCUT2D eigenvalue weighted by atomic mass is 9.83. The third-order valence-electron chi connectivity index (χ3n) is 6.27. The van der Waals surface area contributed by atoms with Crippen LogP contribution in [0.15, 0.2) is 54.6 Å². The van der Waals surface area contributed by atoms with Gasteiger partial charge in [0.1, 0.15) is 0 Å². The van der Waals surface area contributed by atoms with E-state index in [1.165, 1.54) is 12.8 Å². The predicted octanol–water partition coefficient (Wildman–Crippen LogP) is 3.24. The molecule has 0 bridgehead atoms. The molecule has 5 heteroatoms. The number of nitrogens with zero attached hydrogens (tertiary/aromatic N) is 2. The second kappa shape index (κ2) is 6.69. The molecule has 2 aromatic carbocycles. The summed E-state index contributed by atoms with van der Waals surface area (Å²) in [4.78, 5) is 17.7. The number of hydrogen-bond donors (Lipinski definition) is 0. The zero-order valence-electron chi connectivity index (χ0n) is 16.3. The van der Waals surface area contributed by atoms with E-state index in [9.17, 15) is 4.79 Å². The number of anilines is 1. The summed E-state index contributed by atoms with van der Waals surface area (Å²) in [6, 6.07) is 18.1. The lowest BCUT2D eigenvalue weighted by Crippen LogP contribution is -2.54. The Bertz CT molecular complexity index is 868. The van der Waals surface area contributed by atoms with Gasteiger partial charge in [0.2, 0.25) is 0 Å². The quantitative estimate of drug-likeness (QED) is 0.822. The summed E-state index contributed by atoms with van der Waals surface area (Å²) >= 11 is 0. The largest absolute Gasteiger partial charge is 0.337 e. The fourth-order valence-corrected chi connectivity index (χ4v) is 4.55. The van der Waals surface area contributed by atoms with Crippen molar-refractivity contribution in [2.24, 2.45) is 0 Å². The van der Waals surface area contributed by atoms with Crippen LogP contribution in [0.25, 0.3) is 0 Å². The molecule has 28 heavy (non-hydrogen) atoms. The molecule has 5 rings (SSSR count). The Morgan fingerprint density at radius 1 is 0.929 bits per heavy atom. The van der Waals surface area contributed by atoms with Gasteiger partial charge in [-0.1, -0.05) is 55.5 Å². The zero-order chi connectivity index (χ0) is 19.2. The monoisotopic (exact) mass is 378 g/mol. The molecule has 146 valence electrons. The Kier molecular flexibility index (Phi) is 4.27. The number of para-hydroxylation sites is 1. The molecule has 1 spiro atoms. The van der Waals surface area contributed by atoms with Crippen LogP contribution in [-0.4, -0.2) is 43.8 Å². The molecule has 0 atom stereocenters. The first-order valence-electron chi connectivity index (χ1n) is 10.1. The van der Waals surface area contributed by atoms with Gasteiger partial charge in [0.05, 0.1) is 25.6 Å². The lowest BCUT2D eigenvalue weighted by molar-refractivity contribution is -0.276. The van der Waals surface area contributed by atoms with Crippen molar-refractivity contribution in [2.75, 3.05) is 37.9 Å². The van der Waals surface area contributed by atoms with E-state index in [2.05, 4.69) is 24.0 Å². The van der Waals surface area contributed by atoms with Crippen LogP contribution in [0.1, 0.15) is 30.9 Å². The normalized spacial score (nSPS) is 30.2. The van der Waals surface area contributed by atoms with E-state index in [1.807, 2.05) is 47.4 Å². The average molecular weight is 378 g/mol. The van der Waals surface area contributed by atoms with Crippen LogP contribution >= 0.6 is 0 Å². The second-order valence-electron chi connectivity index (χ2n) is 8.34. The molecule has 0 radical (unpaired) electrons. The molecule has 0 aromatic heterocycles. The number of rotatable bonds is 3. The van der Waals surface area contributed by atoms with Crippen molar-refractivity contribution < 1.29 is 14.3 Å². The van der Waals surface area contributed by atoms with Gasteiger partial charge in [-0.15, -0.1) is 0 Å². The van der Waals surface area contributed by atoms with Crippen LogP contribution in [0.4, 0.5) is 5.69 Å². The molecule has 0 saturated carbocycles. The third kappa shape index (κ3) is 2.69. The highest BCUT2D eigenvalue weighted by molar-refractivity contribution is 6.06. The summed E-state index contributed by atoms with van der Waals surface area (Å²) in [6.45, 7) is 5.67. The molecule has 3 aliphatic heterocycles. The lowest BCUT2D eigenvalue weighted by Gasteiger charge is -2.42. The van der Waals surface area contributed by atoms with Gasteiger partial charge < -0.3 is 9.47 Å². The van der Waals surface area contributed by atoms with Crippen molar-refractivity contribution in [3.63, 3.8) is 0 Å². The zero-order valence-corrected chi connectivity index (χ0v) is 16.3. The van der Waals surface area contributed by atoms with E-state index in [0.29, 0.717) is 19.9 Å². The highest BCUT2D eigenvalue weighted by Crippen LogP contribution is 2.47. The average Bonchev–Trinajstić information content (AvgIpc) is 3.33. The van der Waals surface area contributed by atoms with E-state index in [0.717, 1.165) is 29.9 Å². The van der Waals surface area contributed by atoms with Gasteiger partial charge >= 0.3 is 0 Å². The van der Waals surface area contributed by atoms with E-state index in [4.69, 9.17) is 9.47 Å². The standard InChI is InChI=1S/C23H26N2O3/c1-22(18-9-3-2-4-10-18)15-27-23(28-16-22)19-11-5-6-12-20(19)25(21(23)26)17-24-13-7-8-14-24/h2-6,9-12H,7-8,13-17H2,1H3. The first-order valence-corrected chi connectivity index (χ1v) is 10.1. The first-order chi connectivity index (χ1) is 13.6. The van der Waals surface area contributed by atoms with Crippen molar-refractivity contribution in [2.45, 2.75) is 31.0 Å². The predicted molar refractivity (Wildman–Crippen MR) is 107 cm³/mol. The fourth-order valence-electron chi connectivity index (χ4n) is 4.55. The van der Waals surface area contributed by atoms with Crippen LogP contribution in [-0.2, 0) is 25.5 Å². The highest BCUT2D eigenvalue weighted by atomic mass is 16.7. The maximum atomic E-state index is 13.5. The van der Waals surface area contributed by atoms with Gasteiger partial charge in [-0.25, -0.2) is 0 Å². The number of carbonyl (C=O) groups is 1. The summed E-state index contributed by atoms with van der Waals surface area (Å²) in [5.74, 6) is -1.42. The Hall–Kier alpha value is -2.21.